The number of methoxy groups -OCH3 is 1. The molecule has 0 bridgehead atoms. The number of ether oxygens (including phenoxy) is 1. The normalized spacial score (nSPS) is 16.0. The van der Waals surface area contributed by atoms with Gasteiger partial charge in [0.1, 0.15) is 16.7 Å². The summed E-state index contributed by atoms with van der Waals surface area (Å²) in [6.07, 6.45) is 9.01. The highest BCUT2D eigenvalue weighted by Crippen LogP contribution is 2.39. The number of halogens is 1. The van der Waals surface area contributed by atoms with Gasteiger partial charge < -0.3 is 30.5 Å². The molecule has 0 spiro atoms. The van der Waals surface area contributed by atoms with E-state index in [2.05, 4.69) is 34.1 Å². The number of carbonyl (C=O) groups is 3. The second kappa shape index (κ2) is 13.1. The third-order valence-electron chi connectivity index (χ3n) is 7.31. The fourth-order valence-corrected chi connectivity index (χ4v) is 5.69. The number of thiazole rings is 1. The third-order valence-corrected chi connectivity index (χ3v) is 8.22. The molecule has 2 aliphatic rings. The molecule has 1 saturated heterocycles. The van der Waals surface area contributed by atoms with E-state index in [0.29, 0.717) is 52.6 Å². The van der Waals surface area contributed by atoms with Gasteiger partial charge in [-0.05, 0) is 43.7 Å². The molecule has 0 aromatic carbocycles. The third kappa shape index (κ3) is 6.31. The summed E-state index contributed by atoms with van der Waals surface area (Å²) in [5.74, 6) is -0.355. The van der Waals surface area contributed by atoms with Crippen LogP contribution in [0.3, 0.4) is 0 Å². The number of nitrogens with zero attached hydrogens (tertiary/aromatic N) is 5. The summed E-state index contributed by atoms with van der Waals surface area (Å²) in [5.41, 5.74) is 2.54. The maximum Gasteiger partial charge on any atom is 0.267 e. The molecule has 3 N–H and O–H groups in total. The zero-order chi connectivity index (χ0) is 32.2. The van der Waals surface area contributed by atoms with E-state index in [1.54, 1.807) is 42.3 Å². The SMILES string of the molecule is C=CC(=O)N1CCN2c3ncc(-c4ccc(OC)c(Nc5ncc(C(=O)N/C(=C/C=C\C)C(=C)F)s5)n4)c(C)c3NC(=O)C2C1. The van der Waals surface area contributed by atoms with Crippen molar-refractivity contribution in [3.05, 3.63) is 84.0 Å². The van der Waals surface area contributed by atoms with Crippen molar-refractivity contribution in [2.75, 3.05) is 42.3 Å². The molecule has 5 heterocycles. The summed E-state index contributed by atoms with van der Waals surface area (Å²) < 4.78 is 19.3. The Balaban J connectivity index is 1.39. The minimum atomic E-state index is -0.774. The fraction of sp³-hybridized carbons (Fsp3) is 0.226. The molecule has 45 heavy (non-hydrogen) atoms. The smallest absolute Gasteiger partial charge is 0.267 e. The number of amides is 3. The Morgan fingerprint density at radius 1 is 1.24 bits per heavy atom. The lowest BCUT2D eigenvalue weighted by atomic mass is 10.0. The van der Waals surface area contributed by atoms with E-state index in [4.69, 9.17) is 14.7 Å². The van der Waals surface area contributed by atoms with Crippen molar-refractivity contribution < 1.29 is 23.5 Å². The Morgan fingerprint density at radius 3 is 2.76 bits per heavy atom. The average molecular weight is 631 g/mol. The van der Waals surface area contributed by atoms with Gasteiger partial charge in [-0.15, -0.1) is 0 Å². The Bertz CT molecular complexity index is 1770. The summed E-state index contributed by atoms with van der Waals surface area (Å²) in [5, 5.41) is 8.93. The largest absolute Gasteiger partial charge is 0.493 e. The lowest BCUT2D eigenvalue weighted by molar-refractivity contribution is -0.128. The quantitative estimate of drug-likeness (QED) is 0.230. The molecule has 2 aliphatic heterocycles. The molecule has 232 valence electrons. The number of aromatic nitrogens is 3. The fourth-order valence-electron chi connectivity index (χ4n) is 4.98. The van der Waals surface area contributed by atoms with Gasteiger partial charge in [-0.1, -0.05) is 36.6 Å². The van der Waals surface area contributed by atoms with Gasteiger partial charge in [0, 0.05) is 24.8 Å². The van der Waals surface area contributed by atoms with Crippen molar-refractivity contribution in [3.63, 3.8) is 0 Å². The number of hydrogen-bond donors (Lipinski definition) is 3. The topological polar surface area (TPSA) is 142 Å². The van der Waals surface area contributed by atoms with Crippen LogP contribution in [0.25, 0.3) is 11.3 Å². The van der Waals surface area contributed by atoms with Crippen LogP contribution in [0.2, 0.25) is 0 Å². The van der Waals surface area contributed by atoms with Crippen molar-refractivity contribution >= 4 is 51.5 Å². The highest BCUT2D eigenvalue weighted by Gasteiger charge is 2.40. The van der Waals surface area contributed by atoms with E-state index in [9.17, 15) is 18.8 Å². The van der Waals surface area contributed by atoms with Crippen LogP contribution in [0.5, 0.6) is 5.75 Å². The molecule has 14 heteroatoms. The van der Waals surface area contributed by atoms with Crippen LogP contribution in [-0.4, -0.2) is 70.4 Å². The van der Waals surface area contributed by atoms with Crippen LogP contribution in [0.1, 0.15) is 22.2 Å². The molecule has 0 aliphatic carbocycles. The molecular formula is C31H31FN8O4S. The maximum atomic E-state index is 13.8. The number of anilines is 4. The Kier molecular flexibility index (Phi) is 9.04. The van der Waals surface area contributed by atoms with Crippen molar-refractivity contribution in [3.8, 4) is 17.0 Å². The Labute approximate surface area is 263 Å². The van der Waals surface area contributed by atoms with Gasteiger partial charge in [-0.2, -0.15) is 0 Å². The Hall–Kier alpha value is -5.37. The van der Waals surface area contributed by atoms with Crippen molar-refractivity contribution in [1.29, 1.82) is 0 Å². The number of carbonyl (C=O) groups excluding carboxylic acids is 3. The standard InChI is InChI=1S/C31H31FN8O4S/c1-6-8-9-20(18(4)32)36-30(43)24-15-34-31(45-24)38-27-23(44-5)11-10-21(35-27)19-14-33-28-26(17(19)3)37-29(42)22-16-39(25(41)7-2)12-13-40(22)28/h6-11,14-15,22H,2,4,12-13,16H2,1,3,5H3,(H,36,43)(H,37,42)(H,34,35,38)/b8-6-,20-9+. The van der Waals surface area contributed by atoms with Crippen molar-refractivity contribution in [1.82, 2.24) is 25.2 Å². The number of fused-ring (bicyclic) bond motifs is 3. The van der Waals surface area contributed by atoms with Gasteiger partial charge in [0.25, 0.3) is 5.91 Å². The summed E-state index contributed by atoms with van der Waals surface area (Å²) in [6, 6.07) is 2.96. The summed E-state index contributed by atoms with van der Waals surface area (Å²) >= 11 is 1.05. The first kappa shape index (κ1) is 31.1. The van der Waals surface area contributed by atoms with Crippen LogP contribution in [0.4, 0.5) is 26.8 Å². The maximum absolute atomic E-state index is 13.8. The number of nitrogens with one attached hydrogen (secondary N) is 3. The molecule has 0 saturated carbocycles. The summed E-state index contributed by atoms with van der Waals surface area (Å²) in [7, 11) is 1.51. The van der Waals surface area contributed by atoms with Crippen molar-refractivity contribution in [2.45, 2.75) is 19.9 Å². The molecule has 3 amide bonds. The highest BCUT2D eigenvalue weighted by atomic mass is 32.1. The number of rotatable bonds is 9. The van der Waals surface area contributed by atoms with E-state index >= 15 is 0 Å². The number of hydrogen-bond acceptors (Lipinski definition) is 10. The molecule has 0 radical (unpaired) electrons. The van der Waals surface area contributed by atoms with Gasteiger partial charge in [-0.25, -0.2) is 19.3 Å². The zero-order valence-corrected chi connectivity index (χ0v) is 25.7. The molecule has 5 rings (SSSR count). The number of pyridine rings is 2. The van der Waals surface area contributed by atoms with Crippen LogP contribution in [0, 0.1) is 6.92 Å². The zero-order valence-electron chi connectivity index (χ0n) is 24.9. The van der Waals surface area contributed by atoms with Crippen LogP contribution >= 0.6 is 11.3 Å². The van der Waals surface area contributed by atoms with Gasteiger partial charge in [-0.3, -0.25) is 14.4 Å². The minimum Gasteiger partial charge on any atom is -0.493 e. The van der Waals surface area contributed by atoms with Crippen molar-refractivity contribution in [2.24, 2.45) is 0 Å². The second-order valence-corrected chi connectivity index (χ2v) is 11.1. The van der Waals surface area contributed by atoms with Gasteiger partial charge in [0.05, 0.1) is 36.9 Å². The second-order valence-electron chi connectivity index (χ2n) is 10.0. The average Bonchev–Trinajstić information content (AvgIpc) is 3.51. The molecule has 1 atom stereocenters. The van der Waals surface area contributed by atoms with Gasteiger partial charge in [0.2, 0.25) is 11.8 Å². The molecule has 1 fully saturated rings. The minimum absolute atomic E-state index is 0.0529. The predicted molar refractivity (Wildman–Crippen MR) is 171 cm³/mol. The molecule has 12 nitrogen and oxygen atoms in total. The molecule has 1 unspecified atom stereocenters. The van der Waals surface area contributed by atoms with E-state index in [1.165, 1.54) is 25.5 Å². The van der Waals surface area contributed by atoms with Gasteiger partial charge in [0.15, 0.2) is 22.5 Å². The van der Waals surface area contributed by atoms with Crippen LogP contribution < -0.4 is 25.6 Å². The first-order chi connectivity index (χ1) is 21.6. The lowest BCUT2D eigenvalue weighted by Gasteiger charge is -2.44. The first-order valence-electron chi connectivity index (χ1n) is 13.9. The van der Waals surface area contributed by atoms with Crippen LogP contribution in [-0.2, 0) is 9.59 Å². The van der Waals surface area contributed by atoms with E-state index in [0.717, 1.165) is 16.9 Å². The molecule has 3 aromatic heterocycles. The molecule has 3 aromatic rings. The Morgan fingerprint density at radius 2 is 2.04 bits per heavy atom. The van der Waals surface area contributed by atoms with Crippen LogP contribution in [0.15, 0.2) is 73.5 Å². The first-order valence-corrected chi connectivity index (χ1v) is 14.7. The van der Waals surface area contributed by atoms with E-state index < -0.39 is 17.8 Å². The number of piperazine rings is 1. The molecular weight excluding hydrogens is 599 g/mol. The van der Waals surface area contributed by atoms with E-state index in [1.807, 2.05) is 11.8 Å². The summed E-state index contributed by atoms with van der Waals surface area (Å²) in [6.45, 7) is 11.6. The number of allylic oxidation sites excluding steroid dienone is 4. The van der Waals surface area contributed by atoms with E-state index in [-0.39, 0.29) is 28.9 Å². The lowest BCUT2D eigenvalue weighted by Crippen LogP contribution is -2.61. The monoisotopic (exact) mass is 630 g/mol. The predicted octanol–water partition coefficient (Wildman–Crippen LogP) is 4.49. The highest BCUT2D eigenvalue weighted by molar-refractivity contribution is 7.17. The summed E-state index contributed by atoms with van der Waals surface area (Å²) in [4.78, 5) is 55.5. The van der Waals surface area contributed by atoms with Gasteiger partial charge >= 0.3 is 0 Å².